The number of carbonyl (C=O) groups is 1. The molecule has 0 aliphatic rings. The van der Waals surface area contributed by atoms with Crippen molar-refractivity contribution in [3.8, 4) is 17.1 Å². The lowest BCUT2D eigenvalue weighted by atomic mass is 10.1. The van der Waals surface area contributed by atoms with E-state index in [2.05, 4.69) is 10.3 Å². The summed E-state index contributed by atoms with van der Waals surface area (Å²) in [5.41, 5.74) is 2.17. The molecule has 8 nitrogen and oxygen atoms in total. The highest BCUT2D eigenvalue weighted by atomic mass is 16.6. The molecule has 144 valence electrons. The molecule has 1 aromatic heterocycles. The van der Waals surface area contributed by atoms with E-state index in [1.807, 2.05) is 31.2 Å². The number of ether oxygens (including phenoxy) is 1. The smallest absolute Gasteiger partial charge is 0.271 e. The van der Waals surface area contributed by atoms with Crippen molar-refractivity contribution >= 4 is 17.3 Å². The third-order valence-corrected chi connectivity index (χ3v) is 4.12. The molecule has 0 bridgehead atoms. The van der Waals surface area contributed by atoms with Crippen LogP contribution in [0.3, 0.4) is 0 Å². The Morgan fingerprint density at radius 2 is 2.00 bits per heavy atom. The van der Waals surface area contributed by atoms with Crippen molar-refractivity contribution in [3.05, 3.63) is 70.2 Å². The van der Waals surface area contributed by atoms with E-state index in [0.29, 0.717) is 23.8 Å². The number of anilines is 1. The number of amides is 1. The Morgan fingerprint density at radius 3 is 2.68 bits per heavy atom. The summed E-state index contributed by atoms with van der Waals surface area (Å²) in [7, 11) is 1.43. The summed E-state index contributed by atoms with van der Waals surface area (Å²) in [5, 5.41) is 13.6. The molecule has 0 fully saturated rings. The average Bonchev–Trinajstić information content (AvgIpc) is 3.16. The molecule has 0 saturated heterocycles. The number of nitro groups is 1. The van der Waals surface area contributed by atoms with Crippen molar-refractivity contribution in [1.29, 1.82) is 0 Å². The number of hydrogen-bond acceptors (Lipinski definition) is 6. The number of nitrogens with zero attached hydrogens (tertiary/aromatic N) is 2. The first kappa shape index (κ1) is 19.1. The second kappa shape index (κ2) is 8.34. The number of methoxy groups -OCH3 is 1. The van der Waals surface area contributed by atoms with Crippen molar-refractivity contribution in [2.75, 3.05) is 12.4 Å². The molecule has 1 amide bonds. The van der Waals surface area contributed by atoms with Gasteiger partial charge in [-0.1, -0.05) is 29.8 Å². The summed E-state index contributed by atoms with van der Waals surface area (Å²) < 4.78 is 10.8. The lowest BCUT2D eigenvalue weighted by Crippen LogP contribution is -2.13. The molecule has 1 N–H and O–H groups in total. The van der Waals surface area contributed by atoms with Gasteiger partial charge in [-0.05, 0) is 13.0 Å². The van der Waals surface area contributed by atoms with Crippen LogP contribution in [0, 0.1) is 17.0 Å². The van der Waals surface area contributed by atoms with Crippen LogP contribution in [0.4, 0.5) is 11.4 Å². The molecule has 0 radical (unpaired) electrons. The Kier molecular flexibility index (Phi) is 5.69. The van der Waals surface area contributed by atoms with Crippen molar-refractivity contribution in [2.45, 2.75) is 19.8 Å². The van der Waals surface area contributed by atoms with Crippen LogP contribution in [0.25, 0.3) is 11.3 Å². The summed E-state index contributed by atoms with van der Waals surface area (Å²) in [6, 6.07) is 11.9. The highest BCUT2D eigenvalue weighted by Gasteiger charge is 2.15. The maximum Gasteiger partial charge on any atom is 0.271 e. The van der Waals surface area contributed by atoms with Crippen LogP contribution in [0.5, 0.6) is 5.75 Å². The second-order valence-corrected chi connectivity index (χ2v) is 6.17. The number of nitrogens with one attached hydrogen (secondary N) is 1. The summed E-state index contributed by atoms with van der Waals surface area (Å²) >= 11 is 0. The van der Waals surface area contributed by atoms with Crippen LogP contribution >= 0.6 is 0 Å². The third kappa shape index (κ3) is 4.53. The van der Waals surface area contributed by atoms with Crippen molar-refractivity contribution in [2.24, 2.45) is 0 Å². The molecule has 28 heavy (non-hydrogen) atoms. The van der Waals surface area contributed by atoms with Gasteiger partial charge in [-0.3, -0.25) is 14.9 Å². The van der Waals surface area contributed by atoms with Gasteiger partial charge in [0.25, 0.3) is 5.69 Å². The number of nitro benzene ring substituents is 1. The molecule has 2 aromatic carbocycles. The third-order valence-electron chi connectivity index (χ3n) is 4.12. The Bertz CT molecular complexity index is 995. The number of hydrogen-bond donors (Lipinski definition) is 1. The molecule has 0 aliphatic heterocycles. The zero-order chi connectivity index (χ0) is 20.1. The fourth-order valence-corrected chi connectivity index (χ4v) is 2.62. The predicted molar refractivity (Wildman–Crippen MR) is 103 cm³/mol. The Labute approximate surface area is 161 Å². The van der Waals surface area contributed by atoms with E-state index in [1.54, 1.807) is 6.20 Å². The van der Waals surface area contributed by atoms with Gasteiger partial charge in [-0.2, -0.15) is 0 Å². The first-order valence-corrected chi connectivity index (χ1v) is 8.60. The van der Waals surface area contributed by atoms with E-state index in [9.17, 15) is 14.9 Å². The van der Waals surface area contributed by atoms with Gasteiger partial charge in [0, 0.05) is 30.5 Å². The summed E-state index contributed by atoms with van der Waals surface area (Å²) in [6.45, 7) is 2.00. The molecule has 3 rings (SSSR count). The molecule has 0 aliphatic carbocycles. The van der Waals surface area contributed by atoms with E-state index in [0.717, 1.165) is 11.1 Å². The van der Waals surface area contributed by atoms with E-state index in [4.69, 9.17) is 9.15 Å². The summed E-state index contributed by atoms with van der Waals surface area (Å²) in [6.07, 6.45) is 2.04. The average molecular weight is 381 g/mol. The summed E-state index contributed by atoms with van der Waals surface area (Å²) in [5.74, 6) is 1.10. The number of non-ortho nitro benzene ring substituents is 1. The number of oxazole rings is 1. The SMILES string of the molecule is COc1ccc([N+](=O)[O-])cc1NC(=O)CCc1ncc(-c2ccc(C)cc2)o1. The number of aromatic nitrogens is 1. The quantitative estimate of drug-likeness (QED) is 0.487. The molecular formula is C20H19N3O5. The lowest BCUT2D eigenvalue weighted by Gasteiger charge is -2.09. The van der Waals surface area contributed by atoms with Gasteiger partial charge >= 0.3 is 0 Å². The molecule has 1 heterocycles. The topological polar surface area (TPSA) is 108 Å². The monoisotopic (exact) mass is 381 g/mol. The number of aryl methyl sites for hydroxylation is 2. The van der Waals surface area contributed by atoms with Crippen molar-refractivity contribution in [3.63, 3.8) is 0 Å². The van der Waals surface area contributed by atoms with Gasteiger partial charge in [0.1, 0.15) is 5.75 Å². The highest BCUT2D eigenvalue weighted by molar-refractivity contribution is 5.92. The van der Waals surface area contributed by atoms with Gasteiger partial charge in [-0.25, -0.2) is 4.98 Å². The minimum atomic E-state index is -0.533. The van der Waals surface area contributed by atoms with Crippen LogP contribution in [0.15, 0.2) is 53.1 Å². The fraction of sp³-hybridized carbons (Fsp3) is 0.200. The zero-order valence-electron chi connectivity index (χ0n) is 15.5. The molecule has 3 aromatic rings. The normalized spacial score (nSPS) is 10.5. The second-order valence-electron chi connectivity index (χ2n) is 6.17. The Morgan fingerprint density at radius 1 is 1.25 bits per heavy atom. The first-order chi connectivity index (χ1) is 13.5. The van der Waals surface area contributed by atoms with Crippen LogP contribution in [0.1, 0.15) is 17.9 Å². The van der Waals surface area contributed by atoms with E-state index >= 15 is 0 Å². The van der Waals surface area contributed by atoms with Gasteiger partial charge in [0.05, 0.1) is 23.9 Å². The Hall–Kier alpha value is -3.68. The fourth-order valence-electron chi connectivity index (χ4n) is 2.62. The van der Waals surface area contributed by atoms with Crippen molar-refractivity contribution < 1.29 is 18.9 Å². The lowest BCUT2D eigenvalue weighted by molar-refractivity contribution is -0.384. The molecule has 0 spiro atoms. The minimum Gasteiger partial charge on any atom is -0.495 e. The number of carbonyl (C=O) groups excluding carboxylic acids is 1. The largest absolute Gasteiger partial charge is 0.495 e. The molecular weight excluding hydrogens is 362 g/mol. The van der Waals surface area contributed by atoms with Crippen LogP contribution in [0.2, 0.25) is 0 Å². The van der Waals surface area contributed by atoms with Crippen LogP contribution in [-0.2, 0) is 11.2 Å². The maximum absolute atomic E-state index is 12.2. The number of rotatable bonds is 7. The highest BCUT2D eigenvalue weighted by Crippen LogP contribution is 2.29. The maximum atomic E-state index is 12.2. The van der Waals surface area contributed by atoms with Gasteiger partial charge < -0.3 is 14.5 Å². The van der Waals surface area contributed by atoms with Crippen LogP contribution < -0.4 is 10.1 Å². The van der Waals surface area contributed by atoms with Gasteiger partial charge in [0.15, 0.2) is 11.7 Å². The Balaban J connectivity index is 1.63. The molecule has 0 saturated carbocycles. The number of benzene rings is 2. The van der Waals surface area contributed by atoms with Gasteiger partial charge in [-0.15, -0.1) is 0 Å². The molecule has 8 heteroatoms. The zero-order valence-corrected chi connectivity index (χ0v) is 15.5. The standard InChI is InChI=1S/C20H19N3O5/c1-13-3-5-14(6-4-13)18-12-21-20(28-18)10-9-19(24)22-16-11-15(23(25)26)7-8-17(16)27-2/h3-8,11-12H,9-10H2,1-2H3,(H,22,24). The molecule has 0 unspecified atom stereocenters. The first-order valence-electron chi connectivity index (χ1n) is 8.60. The van der Waals surface area contributed by atoms with Crippen molar-refractivity contribution in [1.82, 2.24) is 4.98 Å². The van der Waals surface area contributed by atoms with Gasteiger partial charge in [0.2, 0.25) is 5.91 Å². The molecule has 0 atom stereocenters. The van der Waals surface area contributed by atoms with E-state index < -0.39 is 4.92 Å². The van der Waals surface area contributed by atoms with Crippen LogP contribution in [-0.4, -0.2) is 22.9 Å². The predicted octanol–water partition coefficient (Wildman–Crippen LogP) is 4.14. The minimum absolute atomic E-state index is 0.111. The summed E-state index contributed by atoms with van der Waals surface area (Å²) in [4.78, 5) is 26.8. The van der Waals surface area contributed by atoms with E-state index in [1.165, 1.54) is 25.3 Å². The van der Waals surface area contributed by atoms with E-state index in [-0.39, 0.29) is 23.7 Å².